The van der Waals surface area contributed by atoms with Crippen molar-refractivity contribution >= 4 is 11.0 Å². The van der Waals surface area contributed by atoms with Gasteiger partial charge in [0.05, 0.1) is 25.0 Å². The zero-order chi connectivity index (χ0) is 20.3. The number of hydrogen-bond acceptors (Lipinski definition) is 5. The second-order valence-corrected chi connectivity index (χ2v) is 8.52. The van der Waals surface area contributed by atoms with Gasteiger partial charge in [0.2, 0.25) is 0 Å². The van der Waals surface area contributed by atoms with Crippen molar-refractivity contribution in [1.82, 2.24) is 29.9 Å². The van der Waals surface area contributed by atoms with Crippen LogP contribution in [-0.4, -0.2) is 57.1 Å². The predicted molar refractivity (Wildman–Crippen MR) is 115 cm³/mol. The van der Waals surface area contributed by atoms with Gasteiger partial charge in [-0.25, -0.2) is 4.98 Å². The number of likely N-dealkylation sites (tertiary alicyclic amines) is 1. The molecule has 0 amide bonds. The van der Waals surface area contributed by atoms with Crippen LogP contribution in [0.4, 0.5) is 0 Å². The van der Waals surface area contributed by atoms with Crippen molar-refractivity contribution in [2.75, 3.05) is 27.2 Å². The first kappa shape index (κ1) is 17.7. The highest BCUT2D eigenvalue weighted by molar-refractivity contribution is 5.89. The van der Waals surface area contributed by atoms with Crippen LogP contribution in [0.15, 0.2) is 42.9 Å². The summed E-state index contributed by atoms with van der Waals surface area (Å²) < 4.78 is 7.43. The number of aromatic nitrogens is 5. The number of rotatable bonds is 4. The minimum absolute atomic E-state index is 0.120. The Balaban J connectivity index is 1.44. The van der Waals surface area contributed by atoms with Gasteiger partial charge in [-0.15, -0.1) is 0 Å². The third kappa shape index (κ3) is 2.45. The van der Waals surface area contributed by atoms with E-state index in [-0.39, 0.29) is 5.54 Å². The summed E-state index contributed by atoms with van der Waals surface area (Å²) in [5.74, 6) is 0.711. The SMILES string of the molecule is COc1cnc2c(-c3cnn(C4(c5cccc6c5CCC6)CN(C)C4)c3)n[nH]c2c1. The summed E-state index contributed by atoms with van der Waals surface area (Å²) in [6.45, 7) is 1.92. The van der Waals surface area contributed by atoms with Crippen LogP contribution in [0.3, 0.4) is 0 Å². The van der Waals surface area contributed by atoms with Crippen molar-refractivity contribution in [3.8, 4) is 17.0 Å². The Hall–Kier alpha value is -3.19. The fraction of sp³-hybridized carbons (Fsp3) is 0.348. The first-order valence-corrected chi connectivity index (χ1v) is 10.4. The molecule has 4 aromatic rings. The number of ether oxygens (including phenoxy) is 1. The number of likely N-dealkylation sites (N-methyl/N-ethyl adjacent to an activating group) is 1. The smallest absolute Gasteiger partial charge is 0.139 e. The van der Waals surface area contributed by atoms with Gasteiger partial charge in [0.25, 0.3) is 0 Å². The lowest BCUT2D eigenvalue weighted by Gasteiger charge is -2.49. The number of aromatic amines is 1. The van der Waals surface area contributed by atoms with Crippen molar-refractivity contribution in [3.63, 3.8) is 0 Å². The molecule has 1 aliphatic heterocycles. The van der Waals surface area contributed by atoms with Crippen molar-refractivity contribution in [3.05, 3.63) is 59.5 Å². The Morgan fingerprint density at radius 1 is 1.17 bits per heavy atom. The van der Waals surface area contributed by atoms with Crippen LogP contribution in [0.5, 0.6) is 5.75 Å². The fourth-order valence-corrected chi connectivity index (χ4v) is 5.22. The second kappa shape index (κ2) is 6.40. The Morgan fingerprint density at radius 2 is 2.07 bits per heavy atom. The predicted octanol–water partition coefficient (Wildman–Crippen LogP) is 3.01. The maximum absolute atomic E-state index is 5.27. The highest BCUT2D eigenvalue weighted by Crippen LogP contribution is 2.41. The second-order valence-electron chi connectivity index (χ2n) is 8.52. The molecule has 7 heteroatoms. The zero-order valence-corrected chi connectivity index (χ0v) is 17.2. The van der Waals surface area contributed by atoms with E-state index in [2.05, 4.69) is 56.2 Å². The highest BCUT2D eigenvalue weighted by Gasteiger charge is 2.47. The van der Waals surface area contributed by atoms with Gasteiger partial charge in [0.1, 0.15) is 22.5 Å². The maximum atomic E-state index is 5.27. The number of nitrogens with zero attached hydrogens (tertiary/aromatic N) is 5. The van der Waals surface area contributed by atoms with Gasteiger partial charge in [-0.3, -0.25) is 9.78 Å². The first-order chi connectivity index (χ1) is 14.7. The van der Waals surface area contributed by atoms with Gasteiger partial charge < -0.3 is 9.64 Å². The monoisotopic (exact) mass is 400 g/mol. The molecule has 2 aliphatic rings. The molecule has 152 valence electrons. The number of nitrogens with one attached hydrogen (secondary N) is 1. The quantitative estimate of drug-likeness (QED) is 0.570. The standard InChI is InChI=1S/C23H24N6O/c1-28-13-23(14-28,19-8-4-6-15-5-3-7-18(15)19)29-12-16(10-25-29)21-22-20(26-27-21)9-17(30-2)11-24-22/h4,6,8-12H,3,5,7,13-14H2,1-2H3,(H,26,27). The molecule has 0 radical (unpaired) electrons. The van der Waals surface area contributed by atoms with E-state index in [1.165, 1.54) is 36.0 Å². The van der Waals surface area contributed by atoms with Crippen LogP contribution in [0.25, 0.3) is 22.3 Å². The summed E-state index contributed by atoms with van der Waals surface area (Å²) >= 11 is 0. The lowest BCUT2D eigenvalue weighted by atomic mass is 9.79. The maximum Gasteiger partial charge on any atom is 0.139 e. The van der Waals surface area contributed by atoms with Gasteiger partial charge in [-0.05, 0) is 43.0 Å². The van der Waals surface area contributed by atoms with E-state index in [9.17, 15) is 0 Å². The normalized spacial score (nSPS) is 17.8. The number of hydrogen-bond donors (Lipinski definition) is 1. The minimum atomic E-state index is -0.120. The lowest BCUT2D eigenvalue weighted by molar-refractivity contribution is 0.0569. The number of H-pyrrole nitrogens is 1. The Morgan fingerprint density at radius 3 is 2.90 bits per heavy atom. The number of aryl methyl sites for hydroxylation is 1. The number of fused-ring (bicyclic) bond motifs is 2. The van der Waals surface area contributed by atoms with Crippen molar-refractivity contribution in [1.29, 1.82) is 0 Å². The Kier molecular flexibility index (Phi) is 3.77. The minimum Gasteiger partial charge on any atom is -0.495 e. The zero-order valence-electron chi connectivity index (χ0n) is 17.2. The van der Waals surface area contributed by atoms with Gasteiger partial charge in [-0.2, -0.15) is 10.2 Å². The molecule has 4 heterocycles. The summed E-state index contributed by atoms with van der Waals surface area (Å²) in [5, 5.41) is 12.4. The topological polar surface area (TPSA) is 71.9 Å². The Labute approximate surface area is 174 Å². The molecule has 1 N–H and O–H groups in total. The van der Waals surface area contributed by atoms with E-state index in [0.717, 1.165) is 35.4 Å². The molecule has 0 saturated carbocycles. The van der Waals surface area contributed by atoms with E-state index in [0.29, 0.717) is 5.75 Å². The van der Waals surface area contributed by atoms with E-state index in [1.807, 2.05) is 12.3 Å². The number of benzene rings is 1. The van der Waals surface area contributed by atoms with Crippen LogP contribution in [0.1, 0.15) is 23.1 Å². The van der Waals surface area contributed by atoms with Crippen molar-refractivity contribution < 1.29 is 4.74 Å². The van der Waals surface area contributed by atoms with Gasteiger partial charge in [0, 0.05) is 30.9 Å². The third-order valence-corrected chi connectivity index (χ3v) is 6.62. The molecule has 1 saturated heterocycles. The summed E-state index contributed by atoms with van der Waals surface area (Å²) in [5.41, 5.74) is 7.82. The molecule has 0 bridgehead atoms. The average molecular weight is 400 g/mol. The van der Waals surface area contributed by atoms with E-state index < -0.39 is 0 Å². The molecule has 0 unspecified atom stereocenters. The molecule has 1 aromatic carbocycles. The summed E-state index contributed by atoms with van der Waals surface area (Å²) in [6, 6.07) is 8.71. The number of pyridine rings is 1. The Bertz CT molecular complexity index is 1250. The van der Waals surface area contributed by atoms with Crippen molar-refractivity contribution in [2.24, 2.45) is 0 Å². The van der Waals surface area contributed by atoms with E-state index in [4.69, 9.17) is 9.84 Å². The molecule has 6 rings (SSSR count). The first-order valence-electron chi connectivity index (χ1n) is 10.4. The fourth-order valence-electron chi connectivity index (χ4n) is 5.22. The van der Waals surface area contributed by atoms with Crippen LogP contribution < -0.4 is 4.74 Å². The van der Waals surface area contributed by atoms with Crippen molar-refractivity contribution in [2.45, 2.75) is 24.8 Å². The molecular formula is C23H24N6O. The molecule has 7 nitrogen and oxygen atoms in total. The number of methoxy groups -OCH3 is 1. The van der Waals surface area contributed by atoms with E-state index in [1.54, 1.807) is 13.3 Å². The molecule has 3 aromatic heterocycles. The molecule has 0 spiro atoms. The van der Waals surface area contributed by atoms with Gasteiger partial charge in [-0.1, -0.05) is 18.2 Å². The third-order valence-electron chi connectivity index (χ3n) is 6.62. The van der Waals surface area contributed by atoms with Crippen LogP contribution in [0, 0.1) is 0 Å². The van der Waals surface area contributed by atoms with Crippen LogP contribution in [0.2, 0.25) is 0 Å². The largest absolute Gasteiger partial charge is 0.495 e. The average Bonchev–Trinajstić information content (AvgIpc) is 3.49. The van der Waals surface area contributed by atoms with Crippen LogP contribution >= 0.6 is 0 Å². The molecular weight excluding hydrogens is 376 g/mol. The van der Waals surface area contributed by atoms with Crippen LogP contribution in [-0.2, 0) is 18.4 Å². The van der Waals surface area contributed by atoms with Gasteiger partial charge >= 0.3 is 0 Å². The molecule has 1 aliphatic carbocycles. The molecule has 30 heavy (non-hydrogen) atoms. The van der Waals surface area contributed by atoms with Gasteiger partial charge in [0.15, 0.2) is 0 Å². The summed E-state index contributed by atoms with van der Waals surface area (Å²) in [4.78, 5) is 6.90. The molecule has 1 fully saturated rings. The summed E-state index contributed by atoms with van der Waals surface area (Å²) in [7, 11) is 3.81. The highest BCUT2D eigenvalue weighted by atomic mass is 16.5. The molecule has 0 atom stereocenters. The summed E-state index contributed by atoms with van der Waals surface area (Å²) in [6.07, 6.45) is 9.36. The lowest BCUT2D eigenvalue weighted by Crippen LogP contribution is -2.62. The van der Waals surface area contributed by atoms with E-state index >= 15 is 0 Å².